The lowest BCUT2D eigenvalue weighted by Gasteiger charge is -2.39. The smallest absolute Gasteiger partial charge is 0.306 e. The Morgan fingerprint density at radius 1 is 0.508 bits per heavy atom. The number of esters is 2. The van der Waals surface area contributed by atoms with Gasteiger partial charge in [-0.25, -0.2) is 0 Å². The van der Waals surface area contributed by atoms with Crippen LogP contribution in [0.15, 0.2) is 72.9 Å². The van der Waals surface area contributed by atoms with E-state index in [0.717, 1.165) is 70.6 Å². The highest BCUT2D eigenvalue weighted by atomic mass is 16.7. The summed E-state index contributed by atoms with van der Waals surface area (Å²) in [5.74, 6) is -0.856. The number of carbonyl (C=O) groups is 2. The van der Waals surface area contributed by atoms with Crippen molar-refractivity contribution in [3.05, 3.63) is 72.9 Å². The van der Waals surface area contributed by atoms with Crippen LogP contribution in [0.5, 0.6) is 0 Å². The summed E-state index contributed by atoms with van der Waals surface area (Å²) in [6.07, 6.45) is 44.7. The minimum atomic E-state index is -1.61. The first-order valence-electron chi connectivity index (χ1n) is 24.0. The number of allylic oxidation sites excluding steroid dienone is 12. The molecule has 10 heteroatoms. The molecule has 6 atom stereocenters. The average Bonchev–Trinajstić information content (AvgIpc) is 3.26. The Hall–Kier alpha value is -2.86. The summed E-state index contributed by atoms with van der Waals surface area (Å²) in [6.45, 7) is 3.32. The minimum Gasteiger partial charge on any atom is -0.462 e. The molecule has 1 saturated heterocycles. The van der Waals surface area contributed by atoms with Crippen LogP contribution in [-0.2, 0) is 28.5 Å². The Morgan fingerprint density at radius 3 is 1.39 bits per heavy atom. The van der Waals surface area contributed by atoms with Gasteiger partial charge in [0.15, 0.2) is 12.4 Å². The highest BCUT2D eigenvalue weighted by molar-refractivity contribution is 5.70. The quantitative estimate of drug-likeness (QED) is 0.0267. The molecule has 0 saturated carbocycles. The lowest BCUT2D eigenvalue weighted by Crippen LogP contribution is -2.59. The number of hydrogen-bond donors (Lipinski definition) is 4. The Kier molecular flexibility index (Phi) is 37.9. The lowest BCUT2D eigenvalue weighted by molar-refractivity contribution is -0.305. The van der Waals surface area contributed by atoms with Gasteiger partial charge in [-0.1, -0.05) is 151 Å². The number of aliphatic hydroxyl groups is 4. The van der Waals surface area contributed by atoms with Gasteiger partial charge in [0.2, 0.25) is 0 Å². The van der Waals surface area contributed by atoms with Gasteiger partial charge in [-0.2, -0.15) is 0 Å². The number of carbonyl (C=O) groups excluding carboxylic acids is 2. The van der Waals surface area contributed by atoms with Crippen LogP contribution >= 0.6 is 0 Å². The average molecular weight is 859 g/mol. The molecule has 0 aromatic heterocycles. The van der Waals surface area contributed by atoms with Gasteiger partial charge in [0.25, 0.3) is 0 Å². The van der Waals surface area contributed by atoms with Crippen molar-refractivity contribution >= 4 is 11.9 Å². The minimum absolute atomic E-state index is 0.187. The van der Waals surface area contributed by atoms with Gasteiger partial charge in [0, 0.05) is 12.8 Å². The monoisotopic (exact) mass is 859 g/mol. The normalized spacial score (nSPS) is 20.4. The Balaban J connectivity index is 2.35. The molecule has 1 heterocycles. The second-order valence-corrected chi connectivity index (χ2v) is 16.2. The molecule has 4 N–H and O–H groups in total. The zero-order valence-electron chi connectivity index (χ0n) is 38.1. The summed E-state index contributed by atoms with van der Waals surface area (Å²) in [6, 6.07) is 0. The van der Waals surface area contributed by atoms with Gasteiger partial charge in [-0.15, -0.1) is 0 Å². The number of ether oxygens (including phenoxy) is 4. The van der Waals surface area contributed by atoms with Gasteiger partial charge in [0.05, 0.1) is 13.2 Å². The molecule has 0 spiro atoms. The molecule has 1 aliphatic heterocycles. The molecule has 10 nitrogen and oxygen atoms in total. The molecule has 0 radical (unpaired) electrons. The largest absolute Gasteiger partial charge is 0.462 e. The van der Waals surface area contributed by atoms with Crippen molar-refractivity contribution < 1.29 is 49.0 Å². The van der Waals surface area contributed by atoms with E-state index < -0.39 is 55.4 Å². The number of rotatable bonds is 39. The fourth-order valence-electron chi connectivity index (χ4n) is 6.73. The van der Waals surface area contributed by atoms with Crippen LogP contribution in [0, 0.1) is 0 Å². The molecular weight excluding hydrogens is 773 g/mol. The van der Waals surface area contributed by atoms with E-state index in [4.69, 9.17) is 18.9 Å². The van der Waals surface area contributed by atoms with E-state index >= 15 is 0 Å². The summed E-state index contributed by atoms with van der Waals surface area (Å²) in [4.78, 5) is 25.4. The van der Waals surface area contributed by atoms with Crippen molar-refractivity contribution in [3.8, 4) is 0 Å². The molecule has 2 unspecified atom stereocenters. The molecule has 0 aromatic carbocycles. The molecule has 0 aliphatic carbocycles. The molecule has 1 rings (SSSR count). The first-order valence-corrected chi connectivity index (χ1v) is 24.0. The summed E-state index contributed by atoms with van der Waals surface area (Å²) < 4.78 is 22.2. The van der Waals surface area contributed by atoms with Crippen molar-refractivity contribution in [2.24, 2.45) is 0 Å². The number of aliphatic hydroxyl groups excluding tert-OH is 4. The van der Waals surface area contributed by atoms with E-state index in [1.54, 1.807) is 0 Å². The van der Waals surface area contributed by atoms with E-state index in [9.17, 15) is 30.0 Å². The van der Waals surface area contributed by atoms with E-state index in [-0.39, 0.29) is 26.1 Å². The molecule has 1 aliphatic rings. The fraction of sp³-hybridized carbons (Fsp3) is 0.725. The summed E-state index contributed by atoms with van der Waals surface area (Å²) in [5, 5.41) is 40.1. The van der Waals surface area contributed by atoms with Gasteiger partial charge < -0.3 is 39.4 Å². The van der Waals surface area contributed by atoms with E-state index in [1.807, 2.05) is 0 Å². The Labute approximate surface area is 370 Å². The first-order chi connectivity index (χ1) is 29.8. The summed E-state index contributed by atoms with van der Waals surface area (Å²) in [7, 11) is 0. The van der Waals surface area contributed by atoms with Crippen LogP contribution < -0.4 is 0 Å². The van der Waals surface area contributed by atoms with Crippen molar-refractivity contribution in [3.63, 3.8) is 0 Å². The first kappa shape index (κ1) is 56.2. The van der Waals surface area contributed by atoms with Gasteiger partial charge in [-0.05, 0) is 89.9 Å². The highest BCUT2D eigenvalue weighted by Crippen LogP contribution is 2.22. The second-order valence-electron chi connectivity index (χ2n) is 16.2. The highest BCUT2D eigenvalue weighted by Gasteiger charge is 2.44. The number of hydrogen-bond acceptors (Lipinski definition) is 10. The second kappa shape index (κ2) is 41.2. The van der Waals surface area contributed by atoms with Crippen LogP contribution in [-0.4, -0.2) is 89.0 Å². The van der Waals surface area contributed by atoms with Crippen molar-refractivity contribution in [2.75, 3.05) is 19.8 Å². The van der Waals surface area contributed by atoms with Crippen LogP contribution in [0.2, 0.25) is 0 Å². The van der Waals surface area contributed by atoms with Crippen LogP contribution in [0.3, 0.4) is 0 Å². The maximum atomic E-state index is 12.8. The third kappa shape index (κ3) is 32.5. The lowest BCUT2D eigenvalue weighted by atomic mass is 9.99. The standard InChI is InChI=1S/C51H86O10/c1-3-5-7-9-11-13-15-17-19-21-22-24-26-28-30-32-34-36-38-40-47(54)60-44(43-59-51-50(57)49(56)48(55)45(41-52)61-51)42-58-46(53)39-37-35-33-31-29-27-25-23-20-18-16-14-12-10-8-6-4-2/h11-14,17-20,22,24,28,30,44-45,48-52,55-57H,3-10,15-16,21,23,25-27,29,31-43H2,1-2H3/b13-11+,14-12+,19-17+,20-18+,24-22+,30-28+/t44-,45-,48+,49?,50?,51-/m1/s1. The number of unbranched alkanes of at least 4 members (excludes halogenated alkanes) is 16. The third-order valence-electron chi connectivity index (χ3n) is 10.6. The van der Waals surface area contributed by atoms with Crippen LogP contribution in [0.4, 0.5) is 0 Å². The molecule has 0 amide bonds. The van der Waals surface area contributed by atoms with Crippen molar-refractivity contribution in [2.45, 2.75) is 218 Å². The van der Waals surface area contributed by atoms with Crippen molar-refractivity contribution in [1.29, 1.82) is 0 Å². The molecule has 1 fully saturated rings. The predicted octanol–water partition coefficient (Wildman–Crippen LogP) is 10.8. The summed E-state index contributed by atoms with van der Waals surface area (Å²) >= 11 is 0. The molecule has 0 bridgehead atoms. The SMILES string of the molecule is CCCCC/C=C/C/C=C/C/C=C/C/C=C/CCCCCC(=O)O[C@H](COC(=O)CCCCCCCCC/C=C/C/C=C/CCCCC)CO[C@@H]1O[C@H](CO)[C@H](O)C(O)C1O. The zero-order valence-corrected chi connectivity index (χ0v) is 38.1. The maximum absolute atomic E-state index is 12.8. The van der Waals surface area contributed by atoms with Crippen molar-refractivity contribution in [1.82, 2.24) is 0 Å². The Morgan fingerprint density at radius 2 is 0.918 bits per heavy atom. The molecule has 61 heavy (non-hydrogen) atoms. The molecule has 0 aromatic rings. The zero-order chi connectivity index (χ0) is 44.4. The fourth-order valence-corrected chi connectivity index (χ4v) is 6.73. The van der Waals surface area contributed by atoms with E-state index in [0.29, 0.717) is 12.8 Å². The van der Waals surface area contributed by atoms with Gasteiger partial charge in [-0.3, -0.25) is 9.59 Å². The van der Waals surface area contributed by atoms with E-state index in [2.05, 4.69) is 86.8 Å². The van der Waals surface area contributed by atoms with Crippen LogP contribution in [0.25, 0.3) is 0 Å². The van der Waals surface area contributed by atoms with Gasteiger partial charge >= 0.3 is 11.9 Å². The van der Waals surface area contributed by atoms with Gasteiger partial charge in [0.1, 0.15) is 31.0 Å². The predicted molar refractivity (Wildman–Crippen MR) is 247 cm³/mol. The topological polar surface area (TPSA) is 152 Å². The molecular formula is C51H86O10. The maximum Gasteiger partial charge on any atom is 0.306 e. The molecule has 350 valence electrons. The van der Waals surface area contributed by atoms with E-state index in [1.165, 1.54) is 70.6 Å². The summed E-state index contributed by atoms with van der Waals surface area (Å²) in [5.41, 5.74) is 0. The Bertz CT molecular complexity index is 1220. The van der Waals surface area contributed by atoms with Crippen LogP contribution in [0.1, 0.15) is 181 Å². The third-order valence-corrected chi connectivity index (χ3v) is 10.6.